The van der Waals surface area contributed by atoms with E-state index in [1.807, 2.05) is 0 Å². The average Bonchev–Trinajstić information content (AvgIpc) is 2.63. The maximum Gasteiger partial charge on any atom is 0.317 e. The highest BCUT2D eigenvalue weighted by molar-refractivity contribution is 5.95. The van der Waals surface area contributed by atoms with Crippen LogP contribution in [0, 0.1) is 5.82 Å². The van der Waals surface area contributed by atoms with Crippen LogP contribution in [0.3, 0.4) is 0 Å². The number of nitrogens with zero attached hydrogens (tertiary/aromatic N) is 2. The normalized spacial score (nSPS) is 20.1. The summed E-state index contributed by atoms with van der Waals surface area (Å²) in [6.45, 7) is 1.39. The van der Waals surface area contributed by atoms with E-state index in [4.69, 9.17) is 0 Å². The highest BCUT2D eigenvalue weighted by atomic mass is 19.1. The van der Waals surface area contributed by atoms with Crippen LogP contribution in [0.2, 0.25) is 0 Å². The Morgan fingerprint density at radius 1 is 1.28 bits per heavy atom. The summed E-state index contributed by atoms with van der Waals surface area (Å²) in [6, 6.07) is 5.71. The highest BCUT2D eigenvalue weighted by Gasteiger charge is 2.39. The van der Waals surface area contributed by atoms with Crippen LogP contribution in [0.5, 0.6) is 0 Å². The number of hydrogen-bond donors (Lipinski definition) is 2. The molecule has 0 saturated carbocycles. The van der Waals surface area contributed by atoms with E-state index in [1.54, 1.807) is 23.1 Å². The van der Waals surface area contributed by atoms with E-state index in [1.165, 1.54) is 11.0 Å². The molecule has 4 amide bonds. The summed E-state index contributed by atoms with van der Waals surface area (Å²) in [5.41, 5.74) is 0.628. The van der Waals surface area contributed by atoms with E-state index in [0.717, 1.165) is 0 Å². The zero-order valence-electron chi connectivity index (χ0n) is 13.8. The van der Waals surface area contributed by atoms with Gasteiger partial charge in [-0.1, -0.05) is 18.2 Å². The largest absolute Gasteiger partial charge is 0.345 e. The van der Waals surface area contributed by atoms with Crippen LogP contribution in [0.4, 0.5) is 9.18 Å². The SMILES string of the molecule is O=C1NCC(=O)N2CCN(C(=O)NCCCc3ccccc3F)C[C@@H]12. The maximum absolute atomic E-state index is 13.5. The summed E-state index contributed by atoms with van der Waals surface area (Å²) >= 11 is 0. The summed E-state index contributed by atoms with van der Waals surface area (Å²) in [4.78, 5) is 39.0. The molecule has 25 heavy (non-hydrogen) atoms. The van der Waals surface area contributed by atoms with Crippen molar-refractivity contribution in [2.45, 2.75) is 18.9 Å². The minimum absolute atomic E-state index is 0.0254. The van der Waals surface area contributed by atoms with E-state index < -0.39 is 6.04 Å². The summed E-state index contributed by atoms with van der Waals surface area (Å²) in [6.07, 6.45) is 1.16. The van der Waals surface area contributed by atoms with E-state index >= 15 is 0 Å². The van der Waals surface area contributed by atoms with Crippen LogP contribution < -0.4 is 10.6 Å². The third-order valence-electron chi connectivity index (χ3n) is 4.56. The van der Waals surface area contributed by atoms with Gasteiger partial charge in [0.1, 0.15) is 11.9 Å². The van der Waals surface area contributed by atoms with Gasteiger partial charge in [0.05, 0.1) is 13.1 Å². The minimum Gasteiger partial charge on any atom is -0.345 e. The fourth-order valence-corrected chi connectivity index (χ4v) is 3.16. The zero-order valence-corrected chi connectivity index (χ0v) is 13.8. The number of hydrogen-bond acceptors (Lipinski definition) is 3. The summed E-state index contributed by atoms with van der Waals surface area (Å²) < 4.78 is 13.5. The van der Waals surface area contributed by atoms with Gasteiger partial charge in [-0.05, 0) is 24.5 Å². The second-order valence-electron chi connectivity index (χ2n) is 6.19. The Kier molecular flexibility index (Phi) is 5.16. The third kappa shape index (κ3) is 3.89. The quantitative estimate of drug-likeness (QED) is 0.758. The molecule has 1 aromatic carbocycles. The van der Waals surface area contributed by atoms with Gasteiger partial charge in [0, 0.05) is 19.6 Å². The van der Waals surface area contributed by atoms with Crippen molar-refractivity contribution < 1.29 is 18.8 Å². The lowest BCUT2D eigenvalue weighted by Gasteiger charge is -2.42. The van der Waals surface area contributed by atoms with Crippen LogP contribution in [0.1, 0.15) is 12.0 Å². The molecule has 2 saturated heterocycles. The Labute approximate surface area is 145 Å². The van der Waals surface area contributed by atoms with E-state index in [-0.39, 0.29) is 36.8 Å². The molecule has 8 heteroatoms. The Hall–Kier alpha value is -2.64. The third-order valence-corrected chi connectivity index (χ3v) is 4.56. The van der Waals surface area contributed by atoms with Crippen molar-refractivity contribution in [3.8, 4) is 0 Å². The molecule has 0 spiro atoms. The van der Waals surface area contributed by atoms with Gasteiger partial charge in [-0.3, -0.25) is 9.59 Å². The molecule has 2 fully saturated rings. The zero-order chi connectivity index (χ0) is 17.8. The fourth-order valence-electron chi connectivity index (χ4n) is 3.16. The number of amides is 4. The first-order valence-electron chi connectivity index (χ1n) is 8.39. The van der Waals surface area contributed by atoms with Crippen LogP contribution in [0.25, 0.3) is 0 Å². The molecule has 134 valence electrons. The Balaban J connectivity index is 1.45. The monoisotopic (exact) mass is 348 g/mol. The van der Waals surface area contributed by atoms with Gasteiger partial charge in [0.25, 0.3) is 0 Å². The molecule has 7 nitrogen and oxygen atoms in total. The molecule has 2 aliphatic heterocycles. The predicted molar refractivity (Wildman–Crippen MR) is 88.2 cm³/mol. The van der Waals surface area contributed by atoms with Gasteiger partial charge in [-0.2, -0.15) is 0 Å². The maximum atomic E-state index is 13.5. The Morgan fingerprint density at radius 2 is 2.08 bits per heavy atom. The molecule has 1 aromatic rings. The number of benzene rings is 1. The number of aryl methyl sites for hydroxylation is 1. The summed E-state index contributed by atoms with van der Waals surface area (Å²) in [5, 5.41) is 5.34. The first-order chi connectivity index (χ1) is 12.1. The number of carbonyl (C=O) groups is 3. The molecule has 0 bridgehead atoms. The van der Waals surface area contributed by atoms with Gasteiger partial charge in [0.2, 0.25) is 11.8 Å². The van der Waals surface area contributed by atoms with Crippen LogP contribution in [-0.4, -0.2) is 66.4 Å². The molecule has 2 aliphatic rings. The van der Waals surface area contributed by atoms with Crippen molar-refractivity contribution in [2.24, 2.45) is 0 Å². The lowest BCUT2D eigenvalue weighted by atomic mass is 10.1. The molecule has 0 radical (unpaired) electrons. The summed E-state index contributed by atoms with van der Waals surface area (Å²) in [7, 11) is 0. The molecular formula is C17H21FN4O3. The van der Waals surface area contributed by atoms with Crippen molar-refractivity contribution in [1.29, 1.82) is 0 Å². The fraction of sp³-hybridized carbons (Fsp3) is 0.471. The highest BCUT2D eigenvalue weighted by Crippen LogP contribution is 2.13. The Bertz CT molecular complexity index is 682. The Morgan fingerprint density at radius 3 is 2.88 bits per heavy atom. The van der Waals surface area contributed by atoms with Crippen molar-refractivity contribution >= 4 is 17.8 Å². The number of halogens is 1. The number of fused-ring (bicyclic) bond motifs is 1. The first-order valence-corrected chi connectivity index (χ1v) is 8.39. The minimum atomic E-state index is -0.612. The molecule has 2 heterocycles. The lowest BCUT2D eigenvalue weighted by molar-refractivity contribution is -0.148. The van der Waals surface area contributed by atoms with Crippen molar-refractivity contribution in [3.05, 3.63) is 35.6 Å². The molecule has 1 atom stereocenters. The molecule has 0 aliphatic carbocycles. The van der Waals surface area contributed by atoms with E-state index in [2.05, 4.69) is 10.6 Å². The standard InChI is InChI=1S/C17H21FN4O3/c18-13-6-2-1-4-12(13)5-3-7-19-17(25)21-8-9-22-14(11-21)16(24)20-10-15(22)23/h1-2,4,6,14H,3,5,7-11H2,(H,19,25)(H,20,24)/t14-/m0/s1. The van der Waals surface area contributed by atoms with Crippen LogP contribution in [0.15, 0.2) is 24.3 Å². The second kappa shape index (κ2) is 7.50. The van der Waals surface area contributed by atoms with Crippen molar-refractivity contribution in [3.63, 3.8) is 0 Å². The van der Waals surface area contributed by atoms with Gasteiger partial charge in [0.15, 0.2) is 0 Å². The number of nitrogens with one attached hydrogen (secondary N) is 2. The van der Waals surface area contributed by atoms with Crippen LogP contribution >= 0.6 is 0 Å². The second-order valence-corrected chi connectivity index (χ2v) is 6.19. The average molecular weight is 348 g/mol. The molecule has 2 N–H and O–H groups in total. The summed E-state index contributed by atoms with van der Waals surface area (Å²) in [5.74, 6) is -0.580. The predicted octanol–water partition coefficient (Wildman–Crippen LogP) is 0.111. The van der Waals surface area contributed by atoms with Gasteiger partial charge >= 0.3 is 6.03 Å². The van der Waals surface area contributed by atoms with Crippen molar-refractivity contribution in [2.75, 3.05) is 32.7 Å². The number of carbonyl (C=O) groups excluding carboxylic acids is 3. The van der Waals surface area contributed by atoms with Gasteiger partial charge < -0.3 is 20.4 Å². The number of rotatable bonds is 4. The van der Waals surface area contributed by atoms with Crippen LogP contribution in [-0.2, 0) is 16.0 Å². The first kappa shape index (κ1) is 17.2. The van der Waals surface area contributed by atoms with E-state index in [0.29, 0.717) is 38.0 Å². The number of piperazine rings is 2. The topological polar surface area (TPSA) is 81.8 Å². The smallest absolute Gasteiger partial charge is 0.317 e. The van der Waals surface area contributed by atoms with E-state index in [9.17, 15) is 18.8 Å². The lowest BCUT2D eigenvalue weighted by Crippen LogP contribution is -2.67. The molecule has 0 aromatic heterocycles. The van der Waals surface area contributed by atoms with Gasteiger partial charge in [-0.15, -0.1) is 0 Å². The van der Waals surface area contributed by atoms with Crippen molar-refractivity contribution in [1.82, 2.24) is 20.4 Å². The number of urea groups is 1. The van der Waals surface area contributed by atoms with Gasteiger partial charge in [-0.25, -0.2) is 9.18 Å². The molecule has 3 rings (SSSR count). The molecule has 0 unspecified atom stereocenters. The molecular weight excluding hydrogens is 327 g/mol.